The maximum atomic E-state index is 6.72. The van der Waals surface area contributed by atoms with Crippen LogP contribution in [-0.4, -0.2) is 4.57 Å². The van der Waals surface area contributed by atoms with Crippen LogP contribution in [0, 0.1) is 13.8 Å². The number of nitrogens with zero attached hydrogens (tertiary/aromatic N) is 2. The molecule has 0 aliphatic carbocycles. The van der Waals surface area contributed by atoms with Gasteiger partial charge in [0.15, 0.2) is 5.58 Å². The second-order valence-corrected chi connectivity index (χ2v) is 15.5. The van der Waals surface area contributed by atoms with Crippen molar-refractivity contribution in [2.75, 3.05) is 4.90 Å². The molecule has 2 aromatic heterocycles. The number of aryl methyl sites for hydroxylation is 2. The summed E-state index contributed by atoms with van der Waals surface area (Å²) in [5.74, 6) is 0. The number of benzene rings is 9. The minimum Gasteiger partial charge on any atom is -0.454 e. The molecule has 0 radical (unpaired) electrons. The number of hydrogen-bond acceptors (Lipinski definition) is 2. The molecule has 0 aliphatic heterocycles. The zero-order valence-corrected chi connectivity index (χ0v) is 32.9. The van der Waals surface area contributed by atoms with Crippen LogP contribution in [0.25, 0.3) is 82.8 Å². The smallest absolute Gasteiger partial charge is 0.159 e. The lowest BCUT2D eigenvalue weighted by Crippen LogP contribution is -2.10. The van der Waals surface area contributed by atoms with Crippen molar-refractivity contribution in [3.05, 3.63) is 217 Å². The van der Waals surface area contributed by atoms with Crippen LogP contribution >= 0.6 is 0 Å². The van der Waals surface area contributed by atoms with E-state index in [1.807, 2.05) is 6.07 Å². The number of para-hydroxylation sites is 3. The predicted molar refractivity (Wildman–Crippen MR) is 249 cm³/mol. The van der Waals surface area contributed by atoms with Crippen LogP contribution in [0.2, 0.25) is 0 Å². The zero-order chi connectivity index (χ0) is 39.5. The highest BCUT2D eigenvalue weighted by Crippen LogP contribution is 2.46. The summed E-state index contributed by atoms with van der Waals surface area (Å²) in [4.78, 5) is 2.35. The fourth-order valence-electron chi connectivity index (χ4n) is 8.85. The number of hydrogen-bond donors (Lipinski definition) is 0. The maximum absolute atomic E-state index is 6.72. The van der Waals surface area contributed by atoms with Gasteiger partial charge in [-0.05, 0) is 90.2 Å². The molecule has 0 N–H and O–H groups in total. The highest BCUT2D eigenvalue weighted by atomic mass is 16.3. The molecule has 0 unspecified atom stereocenters. The van der Waals surface area contributed by atoms with E-state index in [0.29, 0.717) is 0 Å². The Morgan fingerprint density at radius 3 is 1.78 bits per heavy atom. The summed E-state index contributed by atoms with van der Waals surface area (Å²) < 4.78 is 9.19. The molecule has 0 aliphatic rings. The summed E-state index contributed by atoms with van der Waals surface area (Å²) in [6, 6.07) is 74.6. The van der Waals surface area contributed by atoms with Crippen molar-refractivity contribution in [3.8, 4) is 39.1 Å². The van der Waals surface area contributed by atoms with Gasteiger partial charge in [-0.2, -0.15) is 0 Å². The topological polar surface area (TPSA) is 21.3 Å². The van der Waals surface area contributed by atoms with Gasteiger partial charge in [-0.1, -0.05) is 169 Å². The molecule has 0 spiro atoms. The maximum Gasteiger partial charge on any atom is 0.159 e. The van der Waals surface area contributed by atoms with Crippen LogP contribution in [0.15, 0.2) is 211 Å². The summed E-state index contributed by atoms with van der Waals surface area (Å²) >= 11 is 0. The van der Waals surface area contributed by atoms with E-state index in [-0.39, 0.29) is 0 Å². The molecule has 9 aromatic carbocycles. The van der Waals surface area contributed by atoms with Crippen LogP contribution in [0.5, 0.6) is 0 Å². The molecule has 0 amide bonds. The minimum atomic E-state index is 0.855. The largest absolute Gasteiger partial charge is 0.454 e. The molecule has 280 valence electrons. The van der Waals surface area contributed by atoms with Gasteiger partial charge in [0.05, 0.1) is 22.4 Å². The van der Waals surface area contributed by atoms with E-state index in [0.717, 1.165) is 55.7 Å². The molecule has 0 fully saturated rings. The lowest BCUT2D eigenvalue weighted by Gasteiger charge is -2.26. The van der Waals surface area contributed by atoms with Crippen LogP contribution < -0.4 is 4.90 Å². The van der Waals surface area contributed by atoms with Crippen molar-refractivity contribution in [2.45, 2.75) is 13.8 Å². The average Bonchev–Trinajstić information content (AvgIpc) is 3.83. The fourth-order valence-corrected chi connectivity index (χ4v) is 8.85. The number of aromatic nitrogens is 1. The van der Waals surface area contributed by atoms with Crippen LogP contribution in [-0.2, 0) is 0 Å². The predicted octanol–water partition coefficient (Wildman–Crippen LogP) is 15.8. The first-order valence-corrected chi connectivity index (χ1v) is 20.3. The summed E-state index contributed by atoms with van der Waals surface area (Å²) in [7, 11) is 0. The Balaban J connectivity index is 1.18. The number of rotatable bonds is 7. The quantitative estimate of drug-likeness (QED) is 0.161. The van der Waals surface area contributed by atoms with Gasteiger partial charge in [0.1, 0.15) is 5.58 Å². The Bertz CT molecular complexity index is 3320. The third kappa shape index (κ3) is 5.90. The van der Waals surface area contributed by atoms with Gasteiger partial charge in [0.25, 0.3) is 0 Å². The lowest BCUT2D eigenvalue weighted by atomic mass is 9.92. The van der Waals surface area contributed by atoms with E-state index in [4.69, 9.17) is 4.42 Å². The van der Waals surface area contributed by atoms with E-state index in [1.54, 1.807) is 0 Å². The summed E-state index contributed by atoms with van der Waals surface area (Å²) in [6.07, 6.45) is 0. The van der Waals surface area contributed by atoms with E-state index >= 15 is 0 Å². The third-order valence-corrected chi connectivity index (χ3v) is 11.8. The molecule has 3 heteroatoms. The first-order chi connectivity index (χ1) is 29.1. The van der Waals surface area contributed by atoms with E-state index in [9.17, 15) is 0 Å². The second kappa shape index (κ2) is 14.1. The van der Waals surface area contributed by atoms with Crippen molar-refractivity contribution < 1.29 is 4.42 Å². The number of anilines is 3. The SMILES string of the molecule is Cc1ccc(-c2cccc(-n3c4ccccc4c4ccc(N(c5ccc(-c6ccccc6)cc5)c5cccc6c5oc5ccccc56)cc43)c2-c2ccc(C)cc2)cc1. The van der Waals surface area contributed by atoms with Crippen molar-refractivity contribution in [1.29, 1.82) is 0 Å². The molecule has 11 aromatic rings. The van der Waals surface area contributed by atoms with E-state index in [2.05, 4.69) is 224 Å². The normalized spacial score (nSPS) is 11.6. The van der Waals surface area contributed by atoms with Gasteiger partial charge in [0, 0.05) is 38.5 Å². The Hall–Kier alpha value is -7.62. The molecule has 0 atom stereocenters. The fraction of sp³-hybridized carbons (Fsp3) is 0.0357. The summed E-state index contributed by atoms with van der Waals surface area (Å²) in [5, 5.41) is 4.61. The van der Waals surface area contributed by atoms with Gasteiger partial charge in [0.2, 0.25) is 0 Å². The molecule has 0 saturated carbocycles. The molecule has 3 nitrogen and oxygen atoms in total. The summed E-state index contributed by atoms with van der Waals surface area (Å²) in [5.41, 5.74) is 17.8. The van der Waals surface area contributed by atoms with Gasteiger partial charge in [-0.15, -0.1) is 0 Å². The van der Waals surface area contributed by atoms with Gasteiger partial charge in [-0.3, -0.25) is 0 Å². The van der Waals surface area contributed by atoms with E-state index < -0.39 is 0 Å². The molecule has 2 heterocycles. The standard InChI is InChI=1S/C56H40N2O/c1-37-22-26-41(27-23-37)45-16-10-19-51(55(45)42-28-24-38(2)25-29-42)58-50-18-8-6-14-46(50)47-35-34-44(36-53(47)58)57(43-32-30-40(31-33-43)39-12-4-3-5-13-39)52-20-11-17-49-48-15-7-9-21-54(48)59-56(49)52/h3-36H,1-2H3. The molecular weight excluding hydrogens is 717 g/mol. The number of furan rings is 1. The Morgan fingerprint density at radius 1 is 0.407 bits per heavy atom. The van der Waals surface area contributed by atoms with Crippen molar-refractivity contribution in [1.82, 2.24) is 4.57 Å². The highest BCUT2D eigenvalue weighted by Gasteiger charge is 2.23. The highest BCUT2D eigenvalue weighted by molar-refractivity contribution is 6.13. The van der Waals surface area contributed by atoms with Gasteiger partial charge >= 0.3 is 0 Å². The molecule has 59 heavy (non-hydrogen) atoms. The average molecular weight is 757 g/mol. The molecular formula is C56H40N2O. The van der Waals surface area contributed by atoms with Crippen LogP contribution in [0.3, 0.4) is 0 Å². The monoisotopic (exact) mass is 756 g/mol. The van der Waals surface area contributed by atoms with Crippen molar-refractivity contribution in [3.63, 3.8) is 0 Å². The Labute approximate surface area is 343 Å². The van der Waals surface area contributed by atoms with Crippen molar-refractivity contribution in [2.24, 2.45) is 0 Å². The number of fused-ring (bicyclic) bond motifs is 6. The molecule has 0 saturated heterocycles. The Morgan fingerprint density at radius 2 is 1.00 bits per heavy atom. The third-order valence-electron chi connectivity index (χ3n) is 11.8. The molecule has 11 rings (SSSR count). The Kier molecular flexibility index (Phi) is 8.27. The minimum absolute atomic E-state index is 0.855. The van der Waals surface area contributed by atoms with Crippen LogP contribution in [0.4, 0.5) is 17.1 Å². The molecule has 0 bridgehead atoms. The first-order valence-electron chi connectivity index (χ1n) is 20.3. The summed E-state index contributed by atoms with van der Waals surface area (Å²) in [6.45, 7) is 4.30. The second-order valence-electron chi connectivity index (χ2n) is 15.5. The zero-order valence-electron chi connectivity index (χ0n) is 32.9. The van der Waals surface area contributed by atoms with Crippen molar-refractivity contribution >= 4 is 60.8 Å². The van der Waals surface area contributed by atoms with Gasteiger partial charge < -0.3 is 13.9 Å². The van der Waals surface area contributed by atoms with Gasteiger partial charge in [-0.25, -0.2) is 0 Å². The first kappa shape index (κ1) is 34.6. The lowest BCUT2D eigenvalue weighted by molar-refractivity contribution is 0.669. The van der Waals surface area contributed by atoms with E-state index in [1.165, 1.54) is 55.3 Å². The van der Waals surface area contributed by atoms with Crippen LogP contribution in [0.1, 0.15) is 11.1 Å².